The summed E-state index contributed by atoms with van der Waals surface area (Å²) in [5.41, 5.74) is 1.17. The van der Waals surface area contributed by atoms with Gasteiger partial charge in [0.2, 0.25) is 10.0 Å². The number of hydrogen-bond donors (Lipinski definition) is 2. The molecule has 1 aliphatic heterocycles. The molecule has 1 atom stereocenters. The fourth-order valence-electron chi connectivity index (χ4n) is 3.41. The Hall–Kier alpha value is -2.51. The monoisotopic (exact) mass is 386 g/mol. The van der Waals surface area contributed by atoms with Crippen molar-refractivity contribution in [2.24, 2.45) is 5.92 Å². The fourth-order valence-corrected chi connectivity index (χ4v) is 4.73. The van der Waals surface area contributed by atoms with E-state index in [1.54, 1.807) is 0 Å². The van der Waals surface area contributed by atoms with Gasteiger partial charge in [-0.25, -0.2) is 13.1 Å². The highest BCUT2D eigenvalue weighted by Crippen LogP contribution is 2.30. The van der Waals surface area contributed by atoms with Crippen molar-refractivity contribution in [3.63, 3.8) is 0 Å². The van der Waals surface area contributed by atoms with Gasteiger partial charge in [0.15, 0.2) is 0 Å². The SMILES string of the molecule is CCC(CC)C(NS(=O)(=O)c1ccc2c(c1)C(=O)NC2=O)c1ccccc1. The van der Waals surface area contributed by atoms with E-state index in [-0.39, 0.29) is 28.0 Å². The van der Waals surface area contributed by atoms with Gasteiger partial charge in [-0.05, 0) is 29.7 Å². The third-order valence-electron chi connectivity index (χ3n) is 4.98. The molecule has 2 aromatic carbocycles. The number of sulfonamides is 1. The van der Waals surface area contributed by atoms with Crippen LogP contribution in [0.5, 0.6) is 0 Å². The van der Waals surface area contributed by atoms with E-state index < -0.39 is 21.8 Å². The van der Waals surface area contributed by atoms with Gasteiger partial charge in [0.25, 0.3) is 11.8 Å². The number of carbonyl (C=O) groups excluding carboxylic acids is 2. The van der Waals surface area contributed by atoms with Crippen LogP contribution in [0, 0.1) is 5.92 Å². The minimum atomic E-state index is -3.88. The van der Waals surface area contributed by atoms with E-state index in [4.69, 9.17) is 0 Å². The molecule has 0 fully saturated rings. The lowest BCUT2D eigenvalue weighted by Gasteiger charge is -2.27. The number of amides is 2. The summed E-state index contributed by atoms with van der Waals surface area (Å²) in [6.45, 7) is 4.06. The van der Waals surface area contributed by atoms with Crippen LogP contribution in [-0.4, -0.2) is 20.2 Å². The lowest BCUT2D eigenvalue weighted by Crippen LogP contribution is -2.33. The third-order valence-corrected chi connectivity index (χ3v) is 6.42. The van der Waals surface area contributed by atoms with Crippen molar-refractivity contribution >= 4 is 21.8 Å². The van der Waals surface area contributed by atoms with Gasteiger partial charge in [0.05, 0.1) is 16.0 Å². The normalized spacial score (nSPS) is 14.9. The summed E-state index contributed by atoms with van der Waals surface area (Å²) in [7, 11) is -3.88. The number of hydrogen-bond acceptors (Lipinski definition) is 4. The van der Waals surface area contributed by atoms with Crippen molar-refractivity contribution in [2.45, 2.75) is 37.6 Å². The Morgan fingerprint density at radius 3 is 2.19 bits per heavy atom. The van der Waals surface area contributed by atoms with Crippen LogP contribution in [-0.2, 0) is 10.0 Å². The standard InChI is InChI=1S/C20H22N2O4S/c1-3-13(4-2)18(14-8-6-5-7-9-14)22-27(25,26)15-10-11-16-17(12-15)20(24)21-19(16)23/h5-13,18,22H,3-4H2,1-2H3,(H,21,23,24). The molecular weight excluding hydrogens is 364 g/mol. The molecule has 7 heteroatoms. The highest BCUT2D eigenvalue weighted by molar-refractivity contribution is 7.89. The highest BCUT2D eigenvalue weighted by atomic mass is 32.2. The van der Waals surface area contributed by atoms with Gasteiger partial charge in [-0.15, -0.1) is 0 Å². The van der Waals surface area contributed by atoms with Crippen molar-refractivity contribution in [3.8, 4) is 0 Å². The lowest BCUT2D eigenvalue weighted by atomic mass is 9.90. The molecule has 2 amide bonds. The van der Waals surface area contributed by atoms with Crippen LogP contribution < -0.4 is 10.0 Å². The first-order chi connectivity index (χ1) is 12.9. The van der Waals surface area contributed by atoms with Crippen LogP contribution in [0.25, 0.3) is 0 Å². The summed E-state index contributed by atoms with van der Waals surface area (Å²) in [5.74, 6) is -0.959. The summed E-state index contributed by atoms with van der Waals surface area (Å²) in [4.78, 5) is 23.5. The number of rotatable bonds is 7. The van der Waals surface area contributed by atoms with Crippen molar-refractivity contribution in [1.82, 2.24) is 10.0 Å². The molecule has 142 valence electrons. The van der Waals surface area contributed by atoms with E-state index >= 15 is 0 Å². The number of nitrogens with one attached hydrogen (secondary N) is 2. The maximum absolute atomic E-state index is 13.0. The molecule has 1 aliphatic rings. The van der Waals surface area contributed by atoms with Crippen LogP contribution in [0.3, 0.4) is 0 Å². The molecule has 3 rings (SSSR count). The number of benzene rings is 2. The Balaban J connectivity index is 1.97. The van der Waals surface area contributed by atoms with E-state index in [0.29, 0.717) is 0 Å². The van der Waals surface area contributed by atoms with E-state index in [0.717, 1.165) is 18.4 Å². The van der Waals surface area contributed by atoms with Crippen molar-refractivity contribution in [2.75, 3.05) is 0 Å². The van der Waals surface area contributed by atoms with Crippen LogP contribution in [0.4, 0.5) is 0 Å². The predicted molar refractivity (Wildman–Crippen MR) is 102 cm³/mol. The van der Waals surface area contributed by atoms with E-state index in [9.17, 15) is 18.0 Å². The largest absolute Gasteiger partial charge is 0.288 e. The summed E-state index contributed by atoms with van der Waals surface area (Å²) >= 11 is 0. The molecule has 0 radical (unpaired) electrons. The molecule has 0 bridgehead atoms. The average Bonchev–Trinajstić information content (AvgIpc) is 2.96. The first kappa shape index (κ1) is 19.3. The number of carbonyl (C=O) groups is 2. The maximum Gasteiger partial charge on any atom is 0.258 e. The Morgan fingerprint density at radius 1 is 0.926 bits per heavy atom. The second kappa shape index (κ2) is 7.62. The number of imide groups is 1. The van der Waals surface area contributed by atoms with Gasteiger partial charge in [0.1, 0.15) is 0 Å². The molecule has 2 aromatic rings. The summed E-state index contributed by atoms with van der Waals surface area (Å²) in [6, 6.07) is 13.1. The Bertz CT molecular complexity index is 967. The van der Waals surface area contributed by atoms with Gasteiger partial charge in [0, 0.05) is 6.04 Å². The van der Waals surface area contributed by atoms with Crippen molar-refractivity contribution < 1.29 is 18.0 Å². The Labute approximate surface area is 159 Å². The minimum Gasteiger partial charge on any atom is -0.288 e. The summed E-state index contributed by atoms with van der Waals surface area (Å²) in [5, 5.41) is 2.17. The molecule has 0 aromatic heterocycles. The smallest absolute Gasteiger partial charge is 0.258 e. The third kappa shape index (κ3) is 3.79. The Morgan fingerprint density at radius 2 is 1.56 bits per heavy atom. The molecule has 27 heavy (non-hydrogen) atoms. The molecule has 0 spiro atoms. The quantitative estimate of drug-likeness (QED) is 0.716. The molecule has 2 N–H and O–H groups in total. The zero-order valence-corrected chi connectivity index (χ0v) is 16.0. The van der Waals surface area contributed by atoms with E-state index in [2.05, 4.69) is 10.0 Å². The molecule has 0 aliphatic carbocycles. The Kier molecular flexibility index (Phi) is 5.43. The molecular formula is C20H22N2O4S. The van der Waals surface area contributed by atoms with Gasteiger partial charge < -0.3 is 0 Å². The van der Waals surface area contributed by atoms with Gasteiger partial charge >= 0.3 is 0 Å². The predicted octanol–water partition coefficient (Wildman–Crippen LogP) is 3.03. The first-order valence-electron chi connectivity index (χ1n) is 8.94. The first-order valence-corrected chi connectivity index (χ1v) is 10.4. The molecule has 0 saturated heterocycles. The molecule has 6 nitrogen and oxygen atoms in total. The van der Waals surface area contributed by atoms with Crippen molar-refractivity contribution in [3.05, 3.63) is 65.2 Å². The van der Waals surface area contributed by atoms with Crippen LogP contribution in [0.2, 0.25) is 0 Å². The van der Waals surface area contributed by atoms with E-state index in [1.807, 2.05) is 44.2 Å². The minimum absolute atomic E-state index is 0.0296. The fraction of sp³-hybridized carbons (Fsp3) is 0.300. The molecule has 1 unspecified atom stereocenters. The second-order valence-electron chi connectivity index (χ2n) is 6.58. The van der Waals surface area contributed by atoms with E-state index in [1.165, 1.54) is 18.2 Å². The average molecular weight is 386 g/mol. The summed E-state index contributed by atoms with van der Waals surface area (Å²) in [6.07, 6.45) is 1.64. The maximum atomic E-state index is 13.0. The number of fused-ring (bicyclic) bond motifs is 1. The zero-order chi connectivity index (χ0) is 19.6. The lowest BCUT2D eigenvalue weighted by molar-refractivity contribution is 0.0879. The van der Waals surface area contributed by atoms with Gasteiger partial charge in [-0.1, -0.05) is 57.0 Å². The van der Waals surface area contributed by atoms with Crippen LogP contribution >= 0.6 is 0 Å². The topological polar surface area (TPSA) is 92.3 Å². The van der Waals surface area contributed by atoms with Gasteiger partial charge in [-0.2, -0.15) is 0 Å². The van der Waals surface area contributed by atoms with Gasteiger partial charge in [-0.3, -0.25) is 14.9 Å². The highest BCUT2D eigenvalue weighted by Gasteiger charge is 2.31. The van der Waals surface area contributed by atoms with Crippen LogP contribution in [0.15, 0.2) is 53.4 Å². The van der Waals surface area contributed by atoms with Crippen molar-refractivity contribution in [1.29, 1.82) is 0 Å². The van der Waals surface area contributed by atoms with Crippen LogP contribution in [0.1, 0.15) is 59.0 Å². The zero-order valence-electron chi connectivity index (χ0n) is 15.2. The summed E-state index contributed by atoms with van der Waals surface area (Å²) < 4.78 is 28.8. The molecule has 0 saturated carbocycles. The second-order valence-corrected chi connectivity index (χ2v) is 8.29. The molecule has 1 heterocycles.